The second-order valence-electron chi connectivity index (χ2n) is 4.51. The Kier molecular flexibility index (Phi) is 5.50. The minimum atomic E-state index is -0.248. The van der Waals surface area contributed by atoms with Crippen molar-refractivity contribution >= 4 is 33.4 Å². The van der Waals surface area contributed by atoms with E-state index in [2.05, 4.69) is 38.1 Å². The predicted octanol–water partition coefficient (Wildman–Crippen LogP) is 4.36. The first-order chi connectivity index (χ1) is 10.2. The van der Waals surface area contributed by atoms with E-state index in [0.717, 1.165) is 28.9 Å². The first-order valence-corrected chi connectivity index (χ1v) is 7.74. The highest BCUT2D eigenvalue weighted by Crippen LogP contribution is 2.30. The van der Waals surface area contributed by atoms with Crippen molar-refractivity contribution in [3.63, 3.8) is 0 Å². The number of anilines is 3. The van der Waals surface area contributed by atoms with Crippen molar-refractivity contribution in [3.05, 3.63) is 40.8 Å². The lowest BCUT2D eigenvalue weighted by atomic mass is 10.2. The molecule has 0 aliphatic carbocycles. The van der Waals surface area contributed by atoms with Crippen molar-refractivity contribution in [2.75, 3.05) is 23.3 Å². The molecule has 0 atom stereocenters. The Labute approximate surface area is 132 Å². The van der Waals surface area contributed by atoms with Gasteiger partial charge in [0.15, 0.2) is 5.82 Å². The maximum Gasteiger partial charge on any atom is 0.224 e. The molecule has 4 nitrogen and oxygen atoms in total. The van der Waals surface area contributed by atoms with Crippen LogP contribution >= 0.6 is 15.9 Å². The van der Waals surface area contributed by atoms with E-state index in [1.54, 1.807) is 18.3 Å². The van der Waals surface area contributed by atoms with E-state index >= 15 is 0 Å². The number of halogens is 2. The van der Waals surface area contributed by atoms with Crippen molar-refractivity contribution < 1.29 is 4.39 Å². The maximum atomic E-state index is 13.1. The SMILES string of the molecule is CCCNc1ncc(Br)c(N(CC)c2ccc(F)cc2)n1. The fourth-order valence-electron chi connectivity index (χ4n) is 1.95. The van der Waals surface area contributed by atoms with Crippen LogP contribution in [0.4, 0.5) is 21.8 Å². The molecule has 0 radical (unpaired) electrons. The molecule has 0 amide bonds. The van der Waals surface area contributed by atoms with Crippen LogP contribution in [0.3, 0.4) is 0 Å². The lowest BCUT2D eigenvalue weighted by Crippen LogP contribution is -2.19. The van der Waals surface area contributed by atoms with Crippen LogP contribution in [0.2, 0.25) is 0 Å². The van der Waals surface area contributed by atoms with E-state index in [-0.39, 0.29) is 5.82 Å². The lowest BCUT2D eigenvalue weighted by Gasteiger charge is -2.23. The molecule has 0 bridgehead atoms. The third-order valence-corrected chi connectivity index (χ3v) is 3.53. The molecule has 1 aromatic carbocycles. The summed E-state index contributed by atoms with van der Waals surface area (Å²) < 4.78 is 13.9. The highest BCUT2D eigenvalue weighted by Gasteiger charge is 2.14. The van der Waals surface area contributed by atoms with Crippen molar-refractivity contribution in [3.8, 4) is 0 Å². The Morgan fingerprint density at radius 1 is 1.24 bits per heavy atom. The topological polar surface area (TPSA) is 41.1 Å². The van der Waals surface area contributed by atoms with Gasteiger partial charge in [-0.15, -0.1) is 0 Å². The van der Waals surface area contributed by atoms with Crippen molar-refractivity contribution in [2.45, 2.75) is 20.3 Å². The second kappa shape index (κ2) is 7.36. The highest BCUT2D eigenvalue weighted by molar-refractivity contribution is 9.10. The first-order valence-electron chi connectivity index (χ1n) is 6.95. The van der Waals surface area contributed by atoms with E-state index in [1.807, 2.05) is 11.8 Å². The molecule has 6 heteroatoms. The number of benzene rings is 1. The van der Waals surface area contributed by atoms with Crippen LogP contribution in [-0.4, -0.2) is 23.1 Å². The van der Waals surface area contributed by atoms with E-state index in [9.17, 15) is 4.39 Å². The third-order valence-electron chi connectivity index (χ3n) is 2.97. The Hall–Kier alpha value is -1.69. The summed E-state index contributed by atoms with van der Waals surface area (Å²) in [4.78, 5) is 10.8. The van der Waals surface area contributed by atoms with E-state index in [4.69, 9.17) is 0 Å². The summed E-state index contributed by atoms with van der Waals surface area (Å²) in [6.07, 6.45) is 2.73. The standard InChI is InChI=1S/C15H18BrFN4/c1-3-9-18-15-19-10-13(16)14(20-15)21(4-2)12-7-5-11(17)6-8-12/h5-8,10H,3-4,9H2,1-2H3,(H,18,19,20). The number of hydrogen-bond donors (Lipinski definition) is 1. The monoisotopic (exact) mass is 352 g/mol. The molecule has 0 unspecified atom stereocenters. The molecule has 1 aromatic heterocycles. The summed E-state index contributed by atoms with van der Waals surface area (Å²) in [5.74, 6) is 1.11. The second-order valence-corrected chi connectivity index (χ2v) is 5.37. The number of rotatable bonds is 6. The zero-order chi connectivity index (χ0) is 15.2. The summed E-state index contributed by atoms with van der Waals surface area (Å²) in [6.45, 7) is 5.65. The number of hydrogen-bond acceptors (Lipinski definition) is 4. The van der Waals surface area contributed by atoms with Crippen LogP contribution in [-0.2, 0) is 0 Å². The average molecular weight is 353 g/mol. The van der Waals surface area contributed by atoms with Gasteiger partial charge in [-0.25, -0.2) is 9.37 Å². The summed E-state index contributed by atoms with van der Waals surface area (Å²) in [6, 6.07) is 6.38. The molecule has 0 aliphatic rings. The van der Waals surface area contributed by atoms with Crippen LogP contribution in [0.25, 0.3) is 0 Å². The van der Waals surface area contributed by atoms with Gasteiger partial charge in [-0.05, 0) is 53.5 Å². The van der Waals surface area contributed by atoms with Gasteiger partial charge in [0.2, 0.25) is 5.95 Å². The quantitative estimate of drug-likeness (QED) is 0.838. The Morgan fingerprint density at radius 3 is 2.57 bits per heavy atom. The molecule has 0 spiro atoms. The number of nitrogens with one attached hydrogen (secondary N) is 1. The third kappa shape index (κ3) is 3.91. The van der Waals surface area contributed by atoms with Crippen LogP contribution in [0, 0.1) is 5.82 Å². The Balaban J connectivity index is 2.34. The highest BCUT2D eigenvalue weighted by atomic mass is 79.9. The fourth-order valence-corrected chi connectivity index (χ4v) is 2.35. The molecular weight excluding hydrogens is 335 g/mol. The molecule has 21 heavy (non-hydrogen) atoms. The smallest absolute Gasteiger partial charge is 0.224 e. The number of nitrogens with zero attached hydrogens (tertiary/aromatic N) is 3. The van der Waals surface area contributed by atoms with Crippen LogP contribution < -0.4 is 10.2 Å². The largest absolute Gasteiger partial charge is 0.354 e. The molecule has 0 aliphatic heterocycles. The normalized spacial score (nSPS) is 10.5. The molecule has 0 saturated heterocycles. The van der Waals surface area contributed by atoms with Crippen LogP contribution in [0.15, 0.2) is 34.9 Å². The zero-order valence-electron chi connectivity index (χ0n) is 12.1. The first kappa shape index (κ1) is 15.7. The van der Waals surface area contributed by atoms with Gasteiger partial charge in [0, 0.05) is 25.0 Å². The molecule has 1 N–H and O–H groups in total. The molecule has 0 saturated carbocycles. The van der Waals surface area contributed by atoms with Gasteiger partial charge in [-0.3, -0.25) is 0 Å². The summed E-state index contributed by atoms with van der Waals surface area (Å²) in [5.41, 5.74) is 0.889. The van der Waals surface area contributed by atoms with Gasteiger partial charge in [0.1, 0.15) is 5.82 Å². The molecule has 2 rings (SSSR count). The van der Waals surface area contributed by atoms with E-state index < -0.39 is 0 Å². The Bertz CT molecular complexity index is 589. The van der Waals surface area contributed by atoms with Gasteiger partial charge in [-0.1, -0.05) is 6.92 Å². The van der Waals surface area contributed by atoms with Crippen LogP contribution in [0.1, 0.15) is 20.3 Å². The Morgan fingerprint density at radius 2 is 1.95 bits per heavy atom. The van der Waals surface area contributed by atoms with Gasteiger partial charge in [-0.2, -0.15) is 4.98 Å². The van der Waals surface area contributed by atoms with E-state index in [1.165, 1.54) is 12.1 Å². The molecule has 112 valence electrons. The van der Waals surface area contributed by atoms with Gasteiger partial charge >= 0.3 is 0 Å². The number of aromatic nitrogens is 2. The van der Waals surface area contributed by atoms with Crippen LogP contribution in [0.5, 0.6) is 0 Å². The predicted molar refractivity (Wildman–Crippen MR) is 87.6 cm³/mol. The van der Waals surface area contributed by atoms with E-state index in [0.29, 0.717) is 12.5 Å². The van der Waals surface area contributed by atoms with Crippen molar-refractivity contribution in [1.29, 1.82) is 0 Å². The lowest BCUT2D eigenvalue weighted by molar-refractivity contribution is 0.627. The summed E-state index contributed by atoms with van der Waals surface area (Å²) in [7, 11) is 0. The molecule has 0 fully saturated rings. The molecular formula is C15H18BrFN4. The van der Waals surface area contributed by atoms with Gasteiger partial charge in [0.05, 0.1) is 4.47 Å². The summed E-state index contributed by atoms with van der Waals surface area (Å²) in [5, 5.41) is 3.17. The zero-order valence-corrected chi connectivity index (χ0v) is 13.7. The van der Waals surface area contributed by atoms with Gasteiger partial charge in [0.25, 0.3) is 0 Å². The maximum absolute atomic E-state index is 13.1. The minimum Gasteiger partial charge on any atom is -0.354 e. The molecule has 1 heterocycles. The average Bonchev–Trinajstić information content (AvgIpc) is 2.50. The van der Waals surface area contributed by atoms with Crippen molar-refractivity contribution in [1.82, 2.24) is 9.97 Å². The molecule has 2 aromatic rings. The summed E-state index contributed by atoms with van der Waals surface area (Å²) >= 11 is 3.48. The fraction of sp³-hybridized carbons (Fsp3) is 0.333. The van der Waals surface area contributed by atoms with Gasteiger partial charge < -0.3 is 10.2 Å². The minimum absolute atomic E-state index is 0.248. The van der Waals surface area contributed by atoms with Crippen molar-refractivity contribution in [2.24, 2.45) is 0 Å².